The van der Waals surface area contributed by atoms with Gasteiger partial charge in [-0.05, 0) is 47.6 Å². The molecule has 0 amide bonds. The summed E-state index contributed by atoms with van der Waals surface area (Å²) in [6.07, 6.45) is 5.94. The van der Waals surface area contributed by atoms with E-state index in [1.54, 1.807) is 0 Å². The van der Waals surface area contributed by atoms with E-state index in [9.17, 15) is 9.90 Å². The molecule has 0 bridgehead atoms. The number of carbonyl (C=O) groups is 1. The first-order valence-electron chi connectivity index (χ1n) is 9.82. The van der Waals surface area contributed by atoms with Crippen LogP contribution in [0.3, 0.4) is 0 Å². The molecule has 7 heteroatoms. The Morgan fingerprint density at radius 1 is 1.26 bits per heavy atom. The number of nitrogens with zero attached hydrogens (tertiary/aromatic N) is 1. The van der Waals surface area contributed by atoms with Gasteiger partial charge in [0.25, 0.3) is 0 Å². The quantitative estimate of drug-likeness (QED) is 0.221. The van der Waals surface area contributed by atoms with Crippen molar-refractivity contribution in [3.63, 3.8) is 0 Å². The maximum Gasteiger partial charge on any atom is 0.322 e. The van der Waals surface area contributed by atoms with Crippen molar-refractivity contribution in [2.45, 2.75) is 101 Å². The SMILES string of the molecule is CCCCCCCNC(O)Cc1csc(SC(C)(C)C(=O)OC(C)(C)C)n1. The normalized spacial score (nSPS) is 13.6. The molecule has 0 aliphatic heterocycles. The van der Waals surface area contributed by atoms with E-state index in [1.165, 1.54) is 48.8 Å². The van der Waals surface area contributed by atoms with E-state index in [0.29, 0.717) is 6.42 Å². The molecule has 2 N–H and O–H groups in total. The summed E-state index contributed by atoms with van der Waals surface area (Å²) in [6.45, 7) is 12.3. The topological polar surface area (TPSA) is 71.5 Å². The monoisotopic (exact) mass is 416 g/mol. The molecule has 1 aromatic rings. The van der Waals surface area contributed by atoms with Gasteiger partial charge in [0.05, 0.1) is 5.69 Å². The van der Waals surface area contributed by atoms with Crippen molar-refractivity contribution in [2.24, 2.45) is 0 Å². The van der Waals surface area contributed by atoms with Crippen molar-refractivity contribution in [1.82, 2.24) is 10.3 Å². The van der Waals surface area contributed by atoms with Crippen molar-refractivity contribution in [2.75, 3.05) is 6.54 Å². The standard InChI is InChI=1S/C20H36N2O3S2/c1-7-8-9-10-11-12-21-16(23)13-15-14-26-18(22-15)27-20(5,6)17(24)25-19(2,3)4/h14,16,21,23H,7-13H2,1-6H3. The fraction of sp³-hybridized carbons (Fsp3) is 0.800. The summed E-state index contributed by atoms with van der Waals surface area (Å²) in [5.74, 6) is -0.249. The minimum atomic E-state index is -0.711. The molecule has 0 saturated heterocycles. The number of aliphatic hydroxyl groups excluding tert-OH is 1. The summed E-state index contributed by atoms with van der Waals surface area (Å²) in [5.41, 5.74) is 0.336. The van der Waals surface area contributed by atoms with Gasteiger partial charge in [-0.1, -0.05) is 44.4 Å². The first kappa shape index (κ1) is 24.4. The van der Waals surface area contributed by atoms with Crippen molar-refractivity contribution in [3.8, 4) is 0 Å². The molecule has 0 radical (unpaired) electrons. The van der Waals surface area contributed by atoms with Crippen molar-refractivity contribution >= 4 is 29.1 Å². The van der Waals surface area contributed by atoms with Gasteiger partial charge in [-0.2, -0.15) is 0 Å². The number of aliphatic hydroxyl groups is 1. The second kappa shape index (κ2) is 11.4. The zero-order valence-corrected chi connectivity index (χ0v) is 19.3. The third-order valence-electron chi connectivity index (χ3n) is 3.83. The number of unbranched alkanes of at least 4 members (excludes halogenated alkanes) is 4. The van der Waals surface area contributed by atoms with Gasteiger partial charge in [0.15, 0.2) is 4.34 Å². The second-order valence-corrected chi connectivity index (χ2v) is 11.0. The van der Waals surface area contributed by atoms with Crippen LogP contribution in [0.4, 0.5) is 0 Å². The number of esters is 1. The van der Waals surface area contributed by atoms with E-state index < -0.39 is 16.6 Å². The van der Waals surface area contributed by atoms with E-state index in [4.69, 9.17) is 4.74 Å². The van der Waals surface area contributed by atoms with E-state index >= 15 is 0 Å². The van der Waals surface area contributed by atoms with Crippen LogP contribution in [0.15, 0.2) is 9.72 Å². The molecule has 5 nitrogen and oxygen atoms in total. The molecule has 0 saturated carbocycles. The van der Waals surface area contributed by atoms with Crippen molar-refractivity contribution < 1.29 is 14.6 Å². The zero-order valence-electron chi connectivity index (χ0n) is 17.6. The van der Waals surface area contributed by atoms with Crippen molar-refractivity contribution in [3.05, 3.63) is 11.1 Å². The average Bonchev–Trinajstić information content (AvgIpc) is 2.95. The smallest absolute Gasteiger partial charge is 0.322 e. The van der Waals surface area contributed by atoms with Crippen LogP contribution >= 0.6 is 23.1 Å². The second-order valence-electron chi connectivity index (χ2n) is 8.31. The van der Waals surface area contributed by atoms with E-state index in [-0.39, 0.29) is 5.97 Å². The van der Waals surface area contributed by atoms with Crippen LogP contribution < -0.4 is 5.32 Å². The highest BCUT2D eigenvalue weighted by Crippen LogP contribution is 2.36. The number of aromatic nitrogens is 1. The molecule has 1 heterocycles. The highest BCUT2D eigenvalue weighted by Gasteiger charge is 2.34. The van der Waals surface area contributed by atoms with E-state index in [1.807, 2.05) is 40.0 Å². The largest absolute Gasteiger partial charge is 0.459 e. The van der Waals surface area contributed by atoms with Crippen LogP contribution in [-0.2, 0) is 16.0 Å². The summed E-state index contributed by atoms with van der Waals surface area (Å²) in [4.78, 5) is 16.9. The number of rotatable bonds is 12. The van der Waals surface area contributed by atoms with Gasteiger partial charge in [-0.3, -0.25) is 10.1 Å². The molecule has 156 valence electrons. The zero-order chi connectivity index (χ0) is 20.5. The number of nitrogens with one attached hydrogen (secondary N) is 1. The number of ether oxygens (including phenoxy) is 1. The molecule has 1 unspecified atom stereocenters. The Kier molecular flexibility index (Phi) is 10.3. The summed E-state index contributed by atoms with van der Waals surface area (Å²) >= 11 is 2.90. The fourth-order valence-corrected chi connectivity index (χ4v) is 4.60. The lowest BCUT2D eigenvalue weighted by atomic mass is 10.1. The molecule has 0 spiro atoms. The lowest BCUT2D eigenvalue weighted by Crippen LogP contribution is -2.36. The Hall–Kier alpha value is -0.630. The fourth-order valence-electron chi connectivity index (χ4n) is 2.36. The summed E-state index contributed by atoms with van der Waals surface area (Å²) in [7, 11) is 0. The van der Waals surface area contributed by atoms with Gasteiger partial charge in [0, 0.05) is 11.8 Å². The summed E-state index contributed by atoms with van der Waals surface area (Å²) in [6, 6.07) is 0. The number of thioether (sulfide) groups is 1. The highest BCUT2D eigenvalue weighted by atomic mass is 32.2. The number of thiazole rings is 1. The molecule has 27 heavy (non-hydrogen) atoms. The predicted molar refractivity (Wildman–Crippen MR) is 114 cm³/mol. The molecule has 0 aromatic carbocycles. The molecule has 0 aliphatic rings. The lowest BCUT2D eigenvalue weighted by molar-refractivity contribution is -0.156. The van der Waals surface area contributed by atoms with Gasteiger partial charge in [0.1, 0.15) is 16.6 Å². The summed E-state index contributed by atoms with van der Waals surface area (Å²) < 4.78 is 5.59. The molecule has 1 atom stereocenters. The maximum atomic E-state index is 12.4. The van der Waals surface area contributed by atoms with Crippen LogP contribution in [0, 0.1) is 0 Å². The van der Waals surface area contributed by atoms with Gasteiger partial charge in [-0.25, -0.2) is 4.98 Å². The molecular weight excluding hydrogens is 380 g/mol. The van der Waals surface area contributed by atoms with Crippen molar-refractivity contribution in [1.29, 1.82) is 0 Å². The van der Waals surface area contributed by atoms with Gasteiger partial charge in [0.2, 0.25) is 0 Å². The van der Waals surface area contributed by atoms with E-state index in [2.05, 4.69) is 17.2 Å². The van der Waals surface area contributed by atoms with Gasteiger partial charge < -0.3 is 9.84 Å². The van der Waals surface area contributed by atoms with Crippen LogP contribution in [0.2, 0.25) is 0 Å². The predicted octanol–water partition coefficient (Wildman–Crippen LogP) is 4.78. The minimum absolute atomic E-state index is 0.249. The molecule has 0 aliphatic carbocycles. The van der Waals surface area contributed by atoms with Gasteiger partial charge >= 0.3 is 5.97 Å². The lowest BCUT2D eigenvalue weighted by Gasteiger charge is -2.27. The number of hydrogen-bond donors (Lipinski definition) is 2. The molecular formula is C20H36N2O3S2. The molecule has 1 aromatic heterocycles. The highest BCUT2D eigenvalue weighted by molar-refractivity contribution is 8.03. The molecule has 0 fully saturated rings. The van der Waals surface area contributed by atoms with Gasteiger partial charge in [-0.15, -0.1) is 11.3 Å². The Bertz CT molecular complexity index is 568. The number of hydrogen-bond acceptors (Lipinski definition) is 7. The Morgan fingerprint density at radius 3 is 2.56 bits per heavy atom. The van der Waals surface area contributed by atoms with Crippen LogP contribution in [-0.4, -0.2) is 39.2 Å². The van der Waals surface area contributed by atoms with Crippen LogP contribution in [0.1, 0.15) is 79.3 Å². The van der Waals surface area contributed by atoms with Crippen LogP contribution in [0.25, 0.3) is 0 Å². The van der Waals surface area contributed by atoms with E-state index in [0.717, 1.165) is 23.0 Å². The summed E-state index contributed by atoms with van der Waals surface area (Å²) in [5, 5.41) is 15.2. The Balaban J connectivity index is 2.42. The Morgan fingerprint density at radius 2 is 1.93 bits per heavy atom. The maximum absolute atomic E-state index is 12.4. The average molecular weight is 417 g/mol. The first-order chi connectivity index (χ1) is 12.5. The third kappa shape index (κ3) is 10.5. The molecule has 1 rings (SSSR count). The third-order valence-corrected chi connectivity index (χ3v) is 5.99. The Labute approximate surface area is 172 Å². The minimum Gasteiger partial charge on any atom is -0.459 e. The first-order valence-corrected chi connectivity index (χ1v) is 11.5. The van der Waals surface area contributed by atoms with Crippen LogP contribution in [0.5, 0.6) is 0 Å². The number of carbonyl (C=O) groups excluding carboxylic acids is 1.